The van der Waals surface area contributed by atoms with Gasteiger partial charge in [-0.25, -0.2) is 4.79 Å². The summed E-state index contributed by atoms with van der Waals surface area (Å²) >= 11 is 5.89. The lowest BCUT2D eigenvalue weighted by molar-refractivity contribution is 0.0602. The van der Waals surface area contributed by atoms with Gasteiger partial charge in [-0.1, -0.05) is 23.7 Å². The Bertz CT molecular complexity index is 905. The molecule has 1 heterocycles. The van der Waals surface area contributed by atoms with Gasteiger partial charge in [-0.3, -0.25) is 0 Å². The van der Waals surface area contributed by atoms with E-state index in [2.05, 4.69) is 20.8 Å². The normalized spacial score (nSPS) is 10.8. The topological polar surface area (TPSA) is 81.9 Å². The molecule has 8 heteroatoms. The van der Waals surface area contributed by atoms with Crippen molar-refractivity contribution in [2.24, 2.45) is 0 Å². The Morgan fingerprint density at radius 1 is 1.20 bits per heavy atom. The van der Waals surface area contributed by atoms with Gasteiger partial charge in [-0.05, 0) is 46.8 Å². The number of ether oxygens (including phenoxy) is 1. The van der Waals surface area contributed by atoms with E-state index in [4.69, 9.17) is 16.3 Å². The number of esters is 1. The van der Waals surface area contributed by atoms with E-state index in [1.54, 1.807) is 47.3 Å². The largest absolute Gasteiger partial charge is 0.465 e. The van der Waals surface area contributed by atoms with Crippen LogP contribution in [0.4, 0.5) is 5.69 Å². The van der Waals surface area contributed by atoms with E-state index in [0.717, 1.165) is 5.69 Å². The van der Waals surface area contributed by atoms with Gasteiger partial charge in [0.05, 0.1) is 24.0 Å². The van der Waals surface area contributed by atoms with Gasteiger partial charge in [0.1, 0.15) is 0 Å². The number of rotatable bonds is 5. The Kier molecular flexibility index (Phi) is 5.06. The second-order valence-electron chi connectivity index (χ2n) is 4.94. The van der Waals surface area contributed by atoms with E-state index in [9.17, 15) is 4.79 Å². The van der Waals surface area contributed by atoms with E-state index < -0.39 is 5.97 Å². The molecule has 0 aliphatic rings. The second kappa shape index (κ2) is 7.59. The van der Waals surface area contributed by atoms with Crippen molar-refractivity contribution in [3.63, 3.8) is 0 Å². The number of para-hydroxylation sites is 1. The summed E-state index contributed by atoms with van der Waals surface area (Å²) in [5, 5.41) is 15.3. The molecular formula is C17H14ClN5O2. The van der Waals surface area contributed by atoms with Crippen molar-refractivity contribution < 1.29 is 9.53 Å². The van der Waals surface area contributed by atoms with E-state index in [-0.39, 0.29) is 0 Å². The third-order valence-corrected chi connectivity index (χ3v) is 3.62. The number of tetrazole rings is 1. The molecule has 0 amide bonds. The molecule has 0 saturated carbocycles. The molecule has 0 unspecified atom stereocenters. The van der Waals surface area contributed by atoms with Crippen LogP contribution in [0.2, 0.25) is 5.02 Å². The molecule has 0 bridgehead atoms. The third kappa shape index (κ3) is 3.84. The molecule has 3 aromatic rings. The first-order chi connectivity index (χ1) is 12.2. The minimum Gasteiger partial charge on any atom is -0.465 e. The quantitative estimate of drug-likeness (QED) is 0.708. The maximum atomic E-state index is 11.8. The van der Waals surface area contributed by atoms with Gasteiger partial charge in [0.15, 0.2) is 5.82 Å². The highest BCUT2D eigenvalue weighted by Gasteiger charge is 2.10. The number of benzene rings is 2. The number of aromatic nitrogens is 4. The first kappa shape index (κ1) is 16.7. The van der Waals surface area contributed by atoms with Crippen molar-refractivity contribution in [2.75, 3.05) is 12.4 Å². The molecule has 126 valence electrons. The van der Waals surface area contributed by atoms with Crippen molar-refractivity contribution in [3.8, 4) is 5.69 Å². The summed E-state index contributed by atoms with van der Waals surface area (Å²) in [5.41, 5.74) is 1.84. The van der Waals surface area contributed by atoms with Crippen LogP contribution in [0.3, 0.4) is 0 Å². The Morgan fingerprint density at radius 3 is 2.72 bits per heavy atom. The summed E-state index contributed by atoms with van der Waals surface area (Å²) in [6.07, 6.45) is 3.35. The first-order valence-corrected chi connectivity index (χ1v) is 7.71. The maximum Gasteiger partial charge on any atom is 0.339 e. The Labute approximate surface area is 148 Å². The number of carbonyl (C=O) groups excluding carboxylic acids is 1. The highest BCUT2D eigenvalue weighted by atomic mass is 35.5. The molecule has 0 aliphatic heterocycles. The zero-order chi connectivity index (χ0) is 17.6. The summed E-state index contributed by atoms with van der Waals surface area (Å²) in [7, 11) is 1.34. The predicted octanol–water partition coefficient (Wildman–Crippen LogP) is 3.19. The molecular weight excluding hydrogens is 342 g/mol. The van der Waals surface area contributed by atoms with Gasteiger partial charge in [-0.15, -0.1) is 5.10 Å². The Balaban J connectivity index is 1.80. The summed E-state index contributed by atoms with van der Waals surface area (Å²) in [5.74, 6) is 0.105. The highest BCUT2D eigenvalue weighted by Crippen LogP contribution is 2.17. The number of hydrogen-bond acceptors (Lipinski definition) is 6. The highest BCUT2D eigenvalue weighted by molar-refractivity contribution is 6.30. The zero-order valence-electron chi connectivity index (χ0n) is 13.3. The van der Waals surface area contributed by atoms with Gasteiger partial charge in [0, 0.05) is 17.3 Å². The lowest BCUT2D eigenvalue weighted by Gasteiger charge is -2.07. The molecule has 0 atom stereocenters. The average molecular weight is 356 g/mol. The van der Waals surface area contributed by atoms with E-state index in [1.807, 2.05) is 18.2 Å². The van der Waals surface area contributed by atoms with Crippen LogP contribution < -0.4 is 5.32 Å². The lowest BCUT2D eigenvalue weighted by Crippen LogP contribution is -2.05. The number of nitrogens with one attached hydrogen (secondary N) is 1. The van der Waals surface area contributed by atoms with Gasteiger partial charge < -0.3 is 10.1 Å². The van der Waals surface area contributed by atoms with Crippen LogP contribution in [0.25, 0.3) is 11.8 Å². The fourth-order valence-electron chi connectivity index (χ4n) is 2.17. The fraction of sp³-hybridized carbons (Fsp3) is 0.0588. The van der Waals surface area contributed by atoms with Crippen LogP contribution in [0.1, 0.15) is 16.2 Å². The smallest absolute Gasteiger partial charge is 0.339 e. The van der Waals surface area contributed by atoms with Gasteiger partial charge in [0.2, 0.25) is 0 Å². The lowest BCUT2D eigenvalue weighted by atomic mass is 10.2. The molecule has 2 aromatic carbocycles. The number of anilines is 1. The van der Waals surface area contributed by atoms with Crippen LogP contribution in [0.15, 0.2) is 54.7 Å². The van der Waals surface area contributed by atoms with Crippen molar-refractivity contribution >= 4 is 29.3 Å². The van der Waals surface area contributed by atoms with Crippen LogP contribution in [-0.2, 0) is 4.74 Å². The standard InChI is InChI=1S/C17H14ClN5O2/c1-25-17(24)14-4-2-3-5-15(14)19-11-10-16-20-21-22-23(16)13-8-6-12(18)7-9-13/h2-11,19H,1H3. The summed E-state index contributed by atoms with van der Waals surface area (Å²) in [6, 6.07) is 14.2. The first-order valence-electron chi connectivity index (χ1n) is 7.34. The van der Waals surface area contributed by atoms with Crippen LogP contribution in [-0.4, -0.2) is 33.3 Å². The van der Waals surface area contributed by atoms with Gasteiger partial charge in [0.25, 0.3) is 0 Å². The summed E-state index contributed by atoms with van der Waals surface area (Å²) in [6.45, 7) is 0. The minimum atomic E-state index is -0.414. The monoisotopic (exact) mass is 355 g/mol. The Hall–Kier alpha value is -3.19. The number of hydrogen-bond donors (Lipinski definition) is 1. The molecule has 3 rings (SSSR count). The van der Waals surface area contributed by atoms with E-state index >= 15 is 0 Å². The molecule has 1 aromatic heterocycles. The SMILES string of the molecule is COC(=O)c1ccccc1NC=Cc1nnnn1-c1ccc(Cl)cc1. The van der Waals surface area contributed by atoms with E-state index in [1.165, 1.54) is 7.11 Å². The van der Waals surface area contributed by atoms with Crippen LogP contribution in [0.5, 0.6) is 0 Å². The van der Waals surface area contributed by atoms with Crippen LogP contribution in [0, 0.1) is 0 Å². The summed E-state index contributed by atoms with van der Waals surface area (Å²) < 4.78 is 6.34. The van der Waals surface area contributed by atoms with Crippen molar-refractivity contribution in [1.29, 1.82) is 0 Å². The van der Waals surface area contributed by atoms with Crippen molar-refractivity contribution in [3.05, 3.63) is 71.1 Å². The third-order valence-electron chi connectivity index (χ3n) is 3.37. The molecule has 0 aliphatic carbocycles. The molecule has 25 heavy (non-hydrogen) atoms. The minimum absolute atomic E-state index is 0.414. The molecule has 0 radical (unpaired) electrons. The average Bonchev–Trinajstić information content (AvgIpc) is 3.10. The molecule has 0 spiro atoms. The molecule has 1 N–H and O–H groups in total. The summed E-state index contributed by atoms with van der Waals surface area (Å²) in [4.78, 5) is 11.8. The molecule has 0 saturated heterocycles. The van der Waals surface area contributed by atoms with Crippen molar-refractivity contribution in [1.82, 2.24) is 20.2 Å². The number of methoxy groups -OCH3 is 1. The van der Waals surface area contributed by atoms with Gasteiger partial charge >= 0.3 is 5.97 Å². The zero-order valence-corrected chi connectivity index (χ0v) is 14.0. The predicted molar refractivity (Wildman–Crippen MR) is 94.6 cm³/mol. The number of nitrogens with zero attached hydrogens (tertiary/aromatic N) is 4. The van der Waals surface area contributed by atoms with Crippen molar-refractivity contribution in [2.45, 2.75) is 0 Å². The second-order valence-corrected chi connectivity index (χ2v) is 5.38. The van der Waals surface area contributed by atoms with E-state index in [0.29, 0.717) is 22.1 Å². The number of halogens is 1. The fourth-order valence-corrected chi connectivity index (χ4v) is 2.29. The number of carbonyl (C=O) groups is 1. The van der Waals surface area contributed by atoms with Gasteiger partial charge in [-0.2, -0.15) is 4.68 Å². The maximum absolute atomic E-state index is 11.8. The molecule has 0 fully saturated rings. The Morgan fingerprint density at radius 2 is 1.96 bits per heavy atom. The van der Waals surface area contributed by atoms with Crippen LogP contribution >= 0.6 is 11.6 Å². The molecule has 7 nitrogen and oxygen atoms in total.